The molecule has 122 valence electrons. The van der Waals surface area contributed by atoms with Crippen molar-refractivity contribution in [1.29, 1.82) is 0 Å². The molecule has 0 saturated carbocycles. The summed E-state index contributed by atoms with van der Waals surface area (Å²) in [6, 6.07) is 0.0374. The summed E-state index contributed by atoms with van der Waals surface area (Å²) in [4.78, 5) is 24.6. The van der Waals surface area contributed by atoms with Gasteiger partial charge in [-0.25, -0.2) is 4.79 Å². The SMILES string of the molecule is CCCC(CCNC(=O)N1CCC(C)CC1)CCC(=O)O. The lowest BCUT2D eigenvalue weighted by Gasteiger charge is -2.30. The van der Waals surface area contributed by atoms with Crippen LogP contribution in [-0.4, -0.2) is 41.6 Å². The molecule has 5 heteroatoms. The van der Waals surface area contributed by atoms with E-state index in [-0.39, 0.29) is 12.5 Å². The normalized spacial score (nSPS) is 17.5. The van der Waals surface area contributed by atoms with Crippen LogP contribution >= 0.6 is 0 Å². The maximum absolute atomic E-state index is 12.0. The topological polar surface area (TPSA) is 69.6 Å². The Bertz CT molecular complexity index is 325. The number of piperidine rings is 1. The van der Waals surface area contributed by atoms with Gasteiger partial charge in [0.05, 0.1) is 0 Å². The van der Waals surface area contributed by atoms with E-state index in [9.17, 15) is 9.59 Å². The zero-order chi connectivity index (χ0) is 15.7. The van der Waals surface area contributed by atoms with Crippen molar-refractivity contribution >= 4 is 12.0 Å². The quantitative estimate of drug-likeness (QED) is 0.723. The maximum atomic E-state index is 12.0. The molecule has 1 aliphatic heterocycles. The van der Waals surface area contributed by atoms with Crippen LogP contribution in [0.2, 0.25) is 0 Å². The van der Waals surface area contributed by atoms with Crippen LogP contribution < -0.4 is 5.32 Å². The van der Waals surface area contributed by atoms with E-state index < -0.39 is 5.97 Å². The van der Waals surface area contributed by atoms with Crippen LogP contribution in [0.25, 0.3) is 0 Å². The Morgan fingerprint density at radius 1 is 1.24 bits per heavy atom. The molecule has 1 aliphatic rings. The van der Waals surface area contributed by atoms with E-state index in [2.05, 4.69) is 19.2 Å². The van der Waals surface area contributed by atoms with Crippen LogP contribution in [0.3, 0.4) is 0 Å². The Balaban J connectivity index is 2.22. The van der Waals surface area contributed by atoms with E-state index in [4.69, 9.17) is 5.11 Å². The largest absolute Gasteiger partial charge is 0.481 e. The summed E-state index contributed by atoms with van der Waals surface area (Å²) in [6.45, 7) is 6.69. The maximum Gasteiger partial charge on any atom is 0.317 e. The smallest absolute Gasteiger partial charge is 0.317 e. The van der Waals surface area contributed by atoms with Crippen molar-refractivity contribution in [3.05, 3.63) is 0 Å². The molecule has 21 heavy (non-hydrogen) atoms. The molecule has 0 bridgehead atoms. The molecular weight excluding hydrogens is 268 g/mol. The van der Waals surface area contributed by atoms with E-state index in [0.717, 1.165) is 51.1 Å². The van der Waals surface area contributed by atoms with Gasteiger partial charge in [0.15, 0.2) is 0 Å². The Morgan fingerprint density at radius 2 is 1.90 bits per heavy atom. The first kappa shape index (κ1) is 17.8. The Morgan fingerprint density at radius 3 is 2.48 bits per heavy atom. The van der Waals surface area contributed by atoms with E-state index in [0.29, 0.717) is 18.9 Å². The van der Waals surface area contributed by atoms with Gasteiger partial charge in [0, 0.05) is 26.1 Å². The highest BCUT2D eigenvalue weighted by atomic mass is 16.4. The van der Waals surface area contributed by atoms with Crippen molar-refractivity contribution in [2.45, 2.75) is 58.8 Å². The minimum absolute atomic E-state index is 0.0374. The van der Waals surface area contributed by atoms with Gasteiger partial charge in [0.1, 0.15) is 0 Å². The lowest BCUT2D eigenvalue weighted by atomic mass is 9.94. The highest BCUT2D eigenvalue weighted by Crippen LogP contribution is 2.18. The number of carboxylic acids is 1. The Kier molecular flexibility index (Phi) is 8.16. The lowest BCUT2D eigenvalue weighted by molar-refractivity contribution is -0.137. The van der Waals surface area contributed by atoms with Crippen molar-refractivity contribution in [1.82, 2.24) is 10.2 Å². The van der Waals surface area contributed by atoms with Crippen LogP contribution in [0.4, 0.5) is 4.79 Å². The third kappa shape index (κ3) is 7.34. The Labute approximate surface area is 128 Å². The minimum atomic E-state index is -0.734. The van der Waals surface area contributed by atoms with Crippen molar-refractivity contribution in [2.24, 2.45) is 11.8 Å². The summed E-state index contributed by atoms with van der Waals surface area (Å²) >= 11 is 0. The molecule has 2 N–H and O–H groups in total. The summed E-state index contributed by atoms with van der Waals surface area (Å²) in [5.41, 5.74) is 0. The molecule has 0 spiro atoms. The number of carbonyl (C=O) groups is 2. The Hall–Kier alpha value is -1.26. The monoisotopic (exact) mass is 298 g/mol. The molecular formula is C16H30N2O3. The van der Waals surface area contributed by atoms with Crippen LogP contribution in [0.5, 0.6) is 0 Å². The first-order chi connectivity index (χ1) is 10.0. The molecule has 0 radical (unpaired) electrons. The fourth-order valence-corrected chi connectivity index (χ4v) is 2.88. The van der Waals surface area contributed by atoms with E-state index in [1.165, 1.54) is 0 Å². The van der Waals surface area contributed by atoms with Gasteiger partial charge in [-0.05, 0) is 37.5 Å². The van der Waals surface area contributed by atoms with Gasteiger partial charge in [0.2, 0.25) is 0 Å². The van der Waals surface area contributed by atoms with E-state index in [1.54, 1.807) is 0 Å². The average molecular weight is 298 g/mol. The van der Waals surface area contributed by atoms with Crippen molar-refractivity contribution in [3.63, 3.8) is 0 Å². The fourth-order valence-electron chi connectivity index (χ4n) is 2.88. The zero-order valence-electron chi connectivity index (χ0n) is 13.4. The summed E-state index contributed by atoms with van der Waals surface area (Å²) in [5, 5.41) is 11.7. The number of urea groups is 1. The molecule has 0 aromatic rings. The number of hydrogen-bond donors (Lipinski definition) is 2. The van der Waals surface area contributed by atoms with Crippen LogP contribution in [0.1, 0.15) is 58.8 Å². The second kappa shape index (κ2) is 9.64. The standard InChI is InChI=1S/C16H30N2O3/c1-3-4-14(5-6-15(19)20)7-10-17-16(21)18-11-8-13(2)9-12-18/h13-14H,3-12H2,1-2H3,(H,17,21)(H,19,20). The number of rotatable bonds is 8. The molecule has 2 amide bonds. The fraction of sp³-hybridized carbons (Fsp3) is 0.875. The van der Waals surface area contributed by atoms with Gasteiger partial charge in [-0.3, -0.25) is 4.79 Å². The molecule has 1 atom stereocenters. The second-order valence-corrected chi connectivity index (χ2v) is 6.28. The molecule has 0 aromatic carbocycles. The van der Waals surface area contributed by atoms with Gasteiger partial charge < -0.3 is 15.3 Å². The molecule has 1 heterocycles. The van der Waals surface area contributed by atoms with Gasteiger partial charge in [-0.15, -0.1) is 0 Å². The number of aliphatic carboxylic acids is 1. The predicted octanol–water partition coefficient (Wildman–Crippen LogP) is 3.10. The molecule has 1 saturated heterocycles. The first-order valence-electron chi connectivity index (χ1n) is 8.27. The number of amides is 2. The van der Waals surface area contributed by atoms with Gasteiger partial charge in [0.25, 0.3) is 0 Å². The van der Waals surface area contributed by atoms with Crippen LogP contribution in [-0.2, 0) is 4.79 Å². The third-order valence-corrected chi connectivity index (χ3v) is 4.36. The molecule has 1 fully saturated rings. The summed E-state index contributed by atoms with van der Waals surface area (Å²) in [5.74, 6) is 0.384. The van der Waals surface area contributed by atoms with Crippen molar-refractivity contribution in [2.75, 3.05) is 19.6 Å². The number of carboxylic acid groups (broad SMARTS) is 1. The van der Waals surface area contributed by atoms with E-state index >= 15 is 0 Å². The highest BCUT2D eigenvalue weighted by Gasteiger charge is 2.20. The average Bonchev–Trinajstić information content (AvgIpc) is 2.45. The summed E-state index contributed by atoms with van der Waals surface area (Å²) in [6.07, 6.45) is 6.07. The number of carbonyl (C=O) groups excluding carboxylic acids is 1. The molecule has 1 rings (SSSR count). The first-order valence-corrected chi connectivity index (χ1v) is 8.27. The predicted molar refractivity (Wildman–Crippen MR) is 83.3 cm³/mol. The van der Waals surface area contributed by atoms with Crippen molar-refractivity contribution < 1.29 is 14.7 Å². The number of nitrogens with zero attached hydrogens (tertiary/aromatic N) is 1. The van der Waals surface area contributed by atoms with Crippen molar-refractivity contribution in [3.8, 4) is 0 Å². The third-order valence-electron chi connectivity index (χ3n) is 4.36. The number of likely N-dealkylation sites (tertiary alicyclic amines) is 1. The summed E-state index contributed by atoms with van der Waals surface area (Å²) < 4.78 is 0. The molecule has 5 nitrogen and oxygen atoms in total. The van der Waals surface area contributed by atoms with Crippen LogP contribution in [0.15, 0.2) is 0 Å². The second-order valence-electron chi connectivity index (χ2n) is 6.28. The highest BCUT2D eigenvalue weighted by molar-refractivity contribution is 5.74. The summed E-state index contributed by atoms with van der Waals surface area (Å²) in [7, 11) is 0. The van der Waals surface area contributed by atoms with E-state index in [1.807, 2.05) is 4.90 Å². The number of nitrogens with one attached hydrogen (secondary N) is 1. The van der Waals surface area contributed by atoms with Gasteiger partial charge in [-0.2, -0.15) is 0 Å². The van der Waals surface area contributed by atoms with Gasteiger partial charge >= 0.3 is 12.0 Å². The lowest BCUT2D eigenvalue weighted by Crippen LogP contribution is -2.44. The molecule has 1 unspecified atom stereocenters. The molecule has 0 aliphatic carbocycles. The number of hydrogen-bond acceptors (Lipinski definition) is 2. The minimum Gasteiger partial charge on any atom is -0.481 e. The molecule has 0 aromatic heterocycles. The van der Waals surface area contributed by atoms with Gasteiger partial charge in [-0.1, -0.05) is 26.7 Å². The van der Waals surface area contributed by atoms with Crippen LogP contribution in [0, 0.1) is 11.8 Å². The zero-order valence-corrected chi connectivity index (χ0v) is 13.4.